The third kappa shape index (κ3) is 3.07. The SMILES string of the molecule is CNC(=O)c1c(NC(=O)c2c(OC)cccc2OC)sc2c1CCC2. The van der Waals surface area contributed by atoms with Gasteiger partial charge in [-0.15, -0.1) is 11.3 Å². The van der Waals surface area contributed by atoms with Gasteiger partial charge in [0.1, 0.15) is 22.1 Å². The van der Waals surface area contributed by atoms with Crippen molar-refractivity contribution in [2.45, 2.75) is 19.3 Å². The molecular weight excluding hydrogens is 340 g/mol. The van der Waals surface area contributed by atoms with Crippen molar-refractivity contribution in [2.75, 3.05) is 26.6 Å². The Morgan fingerprint density at radius 2 is 1.72 bits per heavy atom. The van der Waals surface area contributed by atoms with E-state index in [1.54, 1.807) is 25.2 Å². The Morgan fingerprint density at radius 1 is 1.04 bits per heavy atom. The molecule has 0 bridgehead atoms. The minimum absolute atomic E-state index is 0.179. The maximum absolute atomic E-state index is 12.9. The van der Waals surface area contributed by atoms with Crippen molar-refractivity contribution in [2.24, 2.45) is 0 Å². The second kappa shape index (κ2) is 7.14. The molecule has 25 heavy (non-hydrogen) atoms. The van der Waals surface area contributed by atoms with Gasteiger partial charge < -0.3 is 20.1 Å². The van der Waals surface area contributed by atoms with Crippen molar-refractivity contribution in [3.05, 3.63) is 39.8 Å². The third-order valence-electron chi connectivity index (χ3n) is 4.26. The zero-order valence-electron chi connectivity index (χ0n) is 14.4. The molecule has 0 atom stereocenters. The lowest BCUT2D eigenvalue weighted by Gasteiger charge is -2.13. The second-order valence-corrected chi connectivity index (χ2v) is 6.74. The molecule has 1 aromatic carbocycles. The van der Waals surface area contributed by atoms with Crippen LogP contribution in [-0.4, -0.2) is 33.1 Å². The lowest BCUT2D eigenvalue weighted by Crippen LogP contribution is -2.22. The van der Waals surface area contributed by atoms with Crippen LogP contribution in [0.2, 0.25) is 0 Å². The minimum Gasteiger partial charge on any atom is -0.496 e. The highest BCUT2D eigenvalue weighted by atomic mass is 32.1. The molecule has 0 unspecified atom stereocenters. The summed E-state index contributed by atoms with van der Waals surface area (Å²) in [6.07, 6.45) is 2.85. The number of hydrogen-bond donors (Lipinski definition) is 2. The molecule has 2 N–H and O–H groups in total. The van der Waals surface area contributed by atoms with Gasteiger partial charge in [0.25, 0.3) is 11.8 Å². The zero-order valence-corrected chi connectivity index (χ0v) is 15.2. The highest BCUT2D eigenvalue weighted by Crippen LogP contribution is 2.40. The number of methoxy groups -OCH3 is 2. The van der Waals surface area contributed by atoms with Gasteiger partial charge >= 0.3 is 0 Å². The van der Waals surface area contributed by atoms with Gasteiger partial charge in [-0.1, -0.05) is 6.07 Å². The van der Waals surface area contributed by atoms with Gasteiger partial charge in [0.15, 0.2) is 0 Å². The van der Waals surface area contributed by atoms with Crippen LogP contribution >= 0.6 is 11.3 Å². The topological polar surface area (TPSA) is 76.7 Å². The van der Waals surface area contributed by atoms with Gasteiger partial charge in [-0.25, -0.2) is 0 Å². The van der Waals surface area contributed by atoms with Crippen LogP contribution in [0.4, 0.5) is 5.00 Å². The molecule has 2 amide bonds. The Bertz CT molecular complexity index is 806. The van der Waals surface area contributed by atoms with Gasteiger partial charge in [0.05, 0.1) is 19.8 Å². The summed E-state index contributed by atoms with van der Waals surface area (Å²) in [5, 5.41) is 6.11. The van der Waals surface area contributed by atoms with Crippen LogP contribution in [0.3, 0.4) is 0 Å². The summed E-state index contributed by atoms with van der Waals surface area (Å²) in [4.78, 5) is 26.3. The molecule has 6 nitrogen and oxygen atoms in total. The fraction of sp³-hybridized carbons (Fsp3) is 0.333. The Hall–Kier alpha value is -2.54. The molecule has 3 rings (SSSR count). The quantitative estimate of drug-likeness (QED) is 0.860. The monoisotopic (exact) mass is 360 g/mol. The summed E-state index contributed by atoms with van der Waals surface area (Å²) in [5.41, 5.74) is 1.93. The van der Waals surface area contributed by atoms with Crippen molar-refractivity contribution >= 4 is 28.2 Å². The zero-order chi connectivity index (χ0) is 18.0. The van der Waals surface area contributed by atoms with Crippen LogP contribution in [0, 0.1) is 0 Å². The third-order valence-corrected chi connectivity index (χ3v) is 5.46. The van der Waals surface area contributed by atoms with Gasteiger partial charge in [0.2, 0.25) is 0 Å². The smallest absolute Gasteiger partial charge is 0.263 e. The van der Waals surface area contributed by atoms with E-state index in [2.05, 4.69) is 10.6 Å². The molecule has 0 fully saturated rings. The fourth-order valence-corrected chi connectivity index (χ4v) is 4.38. The Kier molecular flexibility index (Phi) is 4.94. The number of anilines is 1. The summed E-state index contributed by atoms with van der Waals surface area (Å²) in [7, 11) is 4.60. The normalized spacial score (nSPS) is 12.4. The van der Waals surface area contributed by atoms with E-state index < -0.39 is 0 Å². The standard InChI is InChI=1S/C18H20N2O4S/c1-19-16(21)14-10-6-4-9-13(10)25-18(14)20-17(22)15-11(23-2)7-5-8-12(15)24-3/h5,7-8H,4,6,9H2,1-3H3,(H,19,21)(H,20,22). The minimum atomic E-state index is -0.362. The first-order valence-corrected chi connectivity index (χ1v) is 8.81. The lowest BCUT2D eigenvalue weighted by atomic mass is 10.1. The molecule has 0 aliphatic heterocycles. The number of amides is 2. The highest BCUT2D eigenvalue weighted by molar-refractivity contribution is 7.17. The first-order valence-electron chi connectivity index (χ1n) is 7.99. The summed E-state index contributed by atoms with van der Waals surface area (Å²) >= 11 is 1.47. The molecule has 132 valence electrons. The molecule has 0 saturated heterocycles. The van der Waals surface area contributed by atoms with Crippen LogP contribution in [0.5, 0.6) is 11.5 Å². The van der Waals surface area contributed by atoms with Crippen LogP contribution in [0.1, 0.15) is 37.6 Å². The van der Waals surface area contributed by atoms with Crippen LogP contribution < -0.4 is 20.1 Å². The van der Waals surface area contributed by atoms with Gasteiger partial charge in [-0.2, -0.15) is 0 Å². The number of ether oxygens (including phenoxy) is 2. The van der Waals surface area contributed by atoms with E-state index in [-0.39, 0.29) is 11.8 Å². The summed E-state index contributed by atoms with van der Waals surface area (Å²) in [6, 6.07) is 5.15. The van der Waals surface area contributed by atoms with Gasteiger partial charge in [-0.05, 0) is 37.0 Å². The first kappa shape index (κ1) is 17.3. The highest BCUT2D eigenvalue weighted by Gasteiger charge is 2.28. The Morgan fingerprint density at radius 3 is 2.32 bits per heavy atom. The largest absolute Gasteiger partial charge is 0.496 e. The maximum Gasteiger partial charge on any atom is 0.263 e. The Balaban J connectivity index is 1.99. The molecule has 1 aromatic heterocycles. The fourth-order valence-electron chi connectivity index (χ4n) is 3.10. The van der Waals surface area contributed by atoms with Crippen molar-refractivity contribution in [3.63, 3.8) is 0 Å². The van der Waals surface area contributed by atoms with E-state index in [0.717, 1.165) is 24.8 Å². The number of hydrogen-bond acceptors (Lipinski definition) is 5. The molecule has 0 radical (unpaired) electrons. The van der Waals surface area contributed by atoms with Crippen molar-refractivity contribution < 1.29 is 19.1 Å². The first-order chi connectivity index (χ1) is 12.1. The average Bonchev–Trinajstić information content (AvgIpc) is 3.20. The van der Waals surface area contributed by atoms with E-state index in [9.17, 15) is 9.59 Å². The number of carbonyl (C=O) groups excluding carboxylic acids is 2. The molecule has 1 heterocycles. The number of rotatable bonds is 5. The van der Waals surface area contributed by atoms with E-state index in [1.165, 1.54) is 30.4 Å². The summed E-state index contributed by atoms with van der Waals surface area (Å²) in [5.74, 6) is 0.297. The van der Waals surface area contributed by atoms with Crippen LogP contribution in [0.15, 0.2) is 18.2 Å². The summed E-state index contributed by atoms with van der Waals surface area (Å²) < 4.78 is 10.6. The summed E-state index contributed by atoms with van der Waals surface area (Å²) in [6.45, 7) is 0. The molecule has 0 saturated carbocycles. The number of benzene rings is 1. The molecule has 1 aliphatic rings. The van der Waals surface area contributed by atoms with Crippen LogP contribution in [-0.2, 0) is 12.8 Å². The van der Waals surface area contributed by atoms with E-state index in [4.69, 9.17) is 9.47 Å². The van der Waals surface area contributed by atoms with E-state index in [1.807, 2.05) is 0 Å². The Labute approximate surface area is 150 Å². The predicted molar refractivity (Wildman–Crippen MR) is 97.2 cm³/mol. The number of fused-ring (bicyclic) bond motifs is 1. The number of nitrogens with one attached hydrogen (secondary N) is 2. The molecule has 1 aliphatic carbocycles. The molecule has 2 aromatic rings. The van der Waals surface area contributed by atoms with Crippen molar-refractivity contribution in [1.82, 2.24) is 5.32 Å². The molecule has 7 heteroatoms. The van der Waals surface area contributed by atoms with Crippen molar-refractivity contribution in [1.29, 1.82) is 0 Å². The van der Waals surface area contributed by atoms with Crippen molar-refractivity contribution in [3.8, 4) is 11.5 Å². The average molecular weight is 360 g/mol. The second-order valence-electron chi connectivity index (χ2n) is 5.63. The molecular formula is C18H20N2O4S. The van der Waals surface area contributed by atoms with E-state index >= 15 is 0 Å². The predicted octanol–water partition coefficient (Wildman–Crippen LogP) is 2.87. The number of carbonyl (C=O) groups is 2. The van der Waals surface area contributed by atoms with Gasteiger partial charge in [-0.3, -0.25) is 9.59 Å². The van der Waals surface area contributed by atoms with Crippen LogP contribution in [0.25, 0.3) is 0 Å². The molecule has 0 spiro atoms. The number of aryl methyl sites for hydroxylation is 1. The van der Waals surface area contributed by atoms with E-state index in [0.29, 0.717) is 27.6 Å². The van der Waals surface area contributed by atoms with Gasteiger partial charge in [0, 0.05) is 11.9 Å². The maximum atomic E-state index is 12.9. The lowest BCUT2D eigenvalue weighted by molar-refractivity contribution is 0.0963. The number of thiophene rings is 1.